The third-order valence-electron chi connectivity index (χ3n) is 3.08. The van der Waals surface area contributed by atoms with Gasteiger partial charge in [-0.2, -0.15) is 0 Å². The SMILES string of the molecule is Cc1cc(F)cc(C)c1C(N)c1cccc(Br)c1. The van der Waals surface area contributed by atoms with Crippen LogP contribution in [0.4, 0.5) is 4.39 Å². The van der Waals surface area contributed by atoms with Crippen molar-refractivity contribution in [2.75, 3.05) is 0 Å². The third kappa shape index (κ3) is 2.62. The fourth-order valence-electron chi connectivity index (χ4n) is 2.28. The first kappa shape index (κ1) is 13.2. The second-order valence-electron chi connectivity index (χ2n) is 4.49. The molecule has 2 rings (SSSR count). The molecule has 18 heavy (non-hydrogen) atoms. The van der Waals surface area contributed by atoms with E-state index in [1.807, 2.05) is 38.1 Å². The number of hydrogen-bond acceptors (Lipinski definition) is 1. The first-order valence-corrected chi connectivity index (χ1v) is 6.56. The molecule has 0 amide bonds. The number of hydrogen-bond donors (Lipinski definition) is 1. The molecule has 1 nitrogen and oxygen atoms in total. The van der Waals surface area contributed by atoms with Crippen LogP contribution in [-0.4, -0.2) is 0 Å². The highest BCUT2D eigenvalue weighted by Gasteiger charge is 2.15. The van der Waals surface area contributed by atoms with E-state index in [1.54, 1.807) is 0 Å². The third-order valence-corrected chi connectivity index (χ3v) is 3.57. The highest BCUT2D eigenvalue weighted by molar-refractivity contribution is 9.10. The van der Waals surface area contributed by atoms with E-state index in [9.17, 15) is 4.39 Å². The van der Waals surface area contributed by atoms with Crippen LogP contribution in [0.5, 0.6) is 0 Å². The molecule has 0 aliphatic heterocycles. The highest BCUT2D eigenvalue weighted by atomic mass is 79.9. The highest BCUT2D eigenvalue weighted by Crippen LogP contribution is 2.28. The van der Waals surface area contributed by atoms with E-state index in [1.165, 1.54) is 12.1 Å². The van der Waals surface area contributed by atoms with Crippen molar-refractivity contribution in [2.45, 2.75) is 19.9 Å². The van der Waals surface area contributed by atoms with Crippen LogP contribution < -0.4 is 5.73 Å². The molecule has 0 aliphatic carbocycles. The maximum absolute atomic E-state index is 13.3. The van der Waals surface area contributed by atoms with Gasteiger partial charge in [0.2, 0.25) is 0 Å². The molecule has 0 fully saturated rings. The molecular weight excluding hydrogens is 293 g/mol. The Bertz CT molecular complexity index is 557. The summed E-state index contributed by atoms with van der Waals surface area (Å²) in [5.41, 5.74) is 10.1. The predicted octanol–water partition coefficient (Wildman–Crippen LogP) is 4.25. The van der Waals surface area contributed by atoms with Crippen LogP contribution >= 0.6 is 15.9 Å². The van der Waals surface area contributed by atoms with Gasteiger partial charge < -0.3 is 5.73 Å². The lowest BCUT2D eigenvalue weighted by molar-refractivity contribution is 0.623. The predicted molar refractivity (Wildman–Crippen MR) is 76.0 cm³/mol. The van der Waals surface area contributed by atoms with Gasteiger partial charge in [-0.1, -0.05) is 28.1 Å². The molecule has 2 N–H and O–H groups in total. The molecule has 1 atom stereocenters. The first-order valence-electron chi connectivity index (χ1n) is 5.76. The minimum Gasteiger partial charge on any atom is -0.320 e. The molecule has 0 aromatic heterocycles. The topological polar surface area (TPSA) is 26.0 Å². The quantitative estimate of drug-likeness (QED) is 0.881. The van der Waals surface area contributed by atoms with Gasteiger partial charge in [0.25, 0.3) is 0 Å². The van der Waals surface area contributed by atoms with Gasteiger partial charge in [-0.25, -0.2) is 4.39 Å². The normalized spacial score (nSPS) is 12.5. The van der Waals surface area contributed by atoms with E-state index >= 15 is 0 Å². The Labute approximate surface area is 115 Å². The molecule has 2 aromatic carbocycles. The lowest BCUT2D eigenvalue weighted by Crippen LogP contribution is -2.15. The zero-order valence-electron chi connectivity index (χ0n) is 10.4. The Kier molecular flexibility index (Phi) is 3.83. The molecule has 3 heteroatoms. The van der Waals surface area contributed by atoms with E-state index in [-0.39, 0.29) is 11.9 Å². The molecule has 0 saturated heterocycles. The van der Waals surface area contributed by atoms with Crippen LogP contribution in [0.1, 0.15) is 28.3 Å². The molecule has 0 spiro atoms. The van der Waals surface area contributed by atoms with Crippen LogP contribution in [-0.2, 0) is 0 Å². The summed E-state index contributed by atoms with van der Waals surface area (Å²) in [7, 11) is 0. The smallest absolute Gasteiger partial charge is 0.123 e. The van der Waals surface area contributed by atoms with Gasteiger partial charge in [0.15, 0.2) is 0 Å². The van der Waals surface area contributed by atoms with Crippen LogP contribution in [0.3, 0.4) is 0 Å². The summed E-state index contributed by atoms with van der Waals surface area (Å²) in [6.45, 7) is 3.78. The van der Waals surface area contributed by atoms with Crippen LogP contribution in [0.2, 0.25) is 0 Å². The van der Waals surface area contributed by atoms with Gasteiger partial charge >= 0.3 is 0 Å². The van der Waals surface area contributed by atoms with Crippen molar-refractivity contribution < 1.29 is 4.39 Å². The van der Waals surface area contributed by atoms with Crippen molar-refractivity contribution in [3.8, 4) is 0 Å². The molecule has 94 valence electrons. The van der Waals surface area contributed by atoms with Crippen molar-refractivity contribution in [3.63, 3.8) is 0 Å². The molecule has 0 saturated carbocycles. The minimum absolute atomic E-state index is 0.213. The Morgan fingerprint density at radius 3 is 2.28 bits per heavy atom. The monoisotopic (exact) mass is 307 g/mol. The second-order valence-corrected chi connectivity index (χ2v) is 5.40. The summed E-state index contributed by atoms with van der Waals surface area (Å²) in [6.07, 6.45) is 0. The van der Waals surface area contributed by atoms with Gasteiger partial charge in [0.1, 0.15) is 5.82 Å². The minimum atomic E-state index is -0.233. The largest absolute Gasteiger partial charge is 0.320 e. The fraction of sp³-hybridized carbons (Fsp3) is 0.200. The molecule has 0 radical (unpaired) electrons. The number of aryl methyl sites for hydroxylation is 2. The Hall–Kier alpha value is -1.19. The average molecular weight is 308 g/mol. The van der Waals surface area contributed by atoms with Gasteiger partial charge in [-0.15, -0.1) is 0 Å². The van der Waals surface area contributed by atoms with E-state index in [0.29, 0.717) is 0 Å². The number of nitrogens with two attached hydrogens (primary N) is 1. The molecule has 1 unspecified atom stereocenters. The average Bonchev–Trinajstić information content (AvgIpc) is 2.27. The van der Waals surface area contributed by atoms with Crippen molar-refractivity contribution >= 4 is 15.9 Å². The lowest BCUT2D eigenvalue weighted by Gasteiger charge is -2.18. The zero-order chi connectivity index (χ0) is 13.3. The van der Waals surface area contributed by atoms with Gasteiger partial charge in [0.05, 0.1) is 6.04 Å². The summed E-state index contributed by atoms with van der Waals surface area (Å²) in [5, 5.41) is 0. The van der Waals surface area contributed by atoms with Gasteiger partial charge in [0, 0.05) is 4.47 Å². The van der Waals surface area contributed by atoms with Crippen LogP contribution in [0, 0.1) is 19.7 Å². The molecule has 0 aliphatic rings. The summed E-state index contributed by atoms with van der Waals surface area (Å²) >= 11 is 3.44. The van der Waals surface area contributed by atoms with Crippen molar-refractivity contribution in [3.05, 3.63) is 68.9 Å². The first-order chi connectivity index (χ1) is 8.49. The van der Waals surface area contributed by atoms with Crippen molar-refractivity contribution in [2.24, 2.45) is 5.73 Å². The number of rotatable bonds is 2. The van der Waals surface area contributed by atoms with E-state index in [4.69, 9.17) is 5.73 Å². The van der Waals surface area contributed by atoms with Gasteiger partial charge in [-0.05, 0) is 60.4 Å². The summed E-state index contributed by atoms with van der Waals surface area (Å²) in [6, 6.07) is 10.7. The summed E-state index contributed by atoms with van der Waals surface area (Å²) in [4.78, 5) is 0. The molecule has 0 bridgehead atoms. The van der Waals surface area contributed by atoms with Crippen LogP contribution in [0.25, 0.3) is 0 Å². The Morgan fingerprint density at radius 1 is 1.11 bits per heavy atom. The van der Waals surface area contributed by atoms with Crippen molar-refractivity contribution in [1.82, 2.24) is 0 Å². The zero-order valence-corrected chi connectivity index (χ0v) is 12.0. The molecule has 2 aromatic rings. The molecular formula is C15H15BrFN. The Balaban J connectivity index is 2.49. The van der Waals surface area contributed by atoms with E-state index in [2.05, 4.69) is 15.9 Å². The standard InChI is InChI=1S/C15H15BrFN/c1-9-6-13(17)7-10(2)14(9)15(18)11-4-3-5-12(16)8-11/h3-8,15H,18H2,1-2H3. The maximum Gasteiger partial charge on any atom is 0.123 e. The Morgan fingerprint density at radius 2 is 1.72 bits per heavy atom. The van der Waals surface area contributed by atoms with Crippen molar-refractivity contribution in [1.29, 1.82) is 0 Å². The van der Waals surface area contributed by atoms with E-state index in [0.717, 1.165) is 26.7 Å². The number of halogens is 2. The fourth-order valence-corrected chi connectivity index (χ4v) is 2.70. The van der Waals surface area contributed by atoms with Gasteiger partial charge in [-0.3, -0.25) is 0 Å². The number of benzene rings is 2. The second kappa shape index (κ2) is 5.21. The lowest BCUT2D eigenvalue weighted by atomic mass is 9.92. The summed E-state index contributed by atoms with van der Waals surface area (Å²) in [5.74, 6) is -0.213. The van der Waals surface area contributed by atoms with E-state index < -0.39 is 0 Å². The van der Waals surface area contributed by atoms with Crippen LogP contribution in [0.15, 0.2) is 40.9 Å². The maximum atomic E-state index is 13.3. The molecule has 0 heterocycles. The summed E-state index contributed by atoms with van der Waals surface area (Å²) < 4.78 is 14.3.